The zero-order valence-electron chi connectivity index (χ0n) is 16.8. The number of hydrogen-bond acceptors (Lipinski definition) is 6. The summed E-state index contributed by atoms with van der Waals surface area (Å²) in [5, 5.41) is 6.89. The number of anilines is 1. The first-order valence-electron chi connectivity index (χ1n) is 9.49. The Kier molecular flexibility index (Phi) is 7.18. The van der Waals surface area contributed by atoms with Crippen molar-refractivity contribution in [3.8, 4) is 17.2 Å². The third-order valence-electron chi connectivity index (χ3n) is 4.10. The molecule has 8 nitrogen and oxygen atoms in total. The van der Waals surface area contributed by atoms with E-state index in [0.717, 1.165) is 5.75 Å². The molecule has 8 heteroatoms. The van der Waals surface area contributed by atoms with Crippen molar-refractivity contribution in [2.45, 2.75) is 13.5 Å². The van der Waals surface area contributed by atoms with Gasteiger partial charge in [0, 0.05) is 13.2 Å². The predicted molar refractivity (Wildman–Crippen MR) is 112 cm³/mol. The van der Waals surface area contributed by atoms with E-state index in [1.54, 1.807) is 30.3 Å². The van der Waals surface area contributed by atoms with Crippen LogP contribution in [0.2, 0.25) is 0 Å². The maximum Gasteiger partial charge on any atom is 0.276 e. The van der Waals surface area contributed by atoms with Crippen molar-refractivity contribution in [2.75, 3.05) is 25.6 Å². The molecule has 1 amide bonds. The van der Waals surface area contributed by atoms with Gasteiger partial charge in [0.2, 0.25) is 0 Å². The van der Waals surface area contributed by atoms with Gasteiger partial charge in [0.1, 0.15) is 17.2 Å². The van der Waals surface area contributed by atoms with Crippen LogP contribution >= 0.6 is 0 Å². The number of aromatic nitrogens is 2. The van der Waals surface area contributed by atoms with Crippen molar-refractivity contribution >= 4 is 11.6 Å². The first-order chi connectivity index (χ1) is 14.6. The number of methoxy groups -OCH3 is 1. The molecule has 0 unspecified atom stereocenters. The van der Waals surface area contributed by atoms with Gasteiger partial charge in [-0.15, -0.1) is 0 Å². The van der Waals surface area contributed by atoms with Crippen LogP contribution in [-0.4, -0.2) is 36.0 Å². The van der Waals surface area contributed by atoms with E-state index in [1.807, 2.05) is 25.1 Å². The van der Waals surface area contributed by atoms with Gasteiger partial charge in [-0.3, -0.25) is 9.59 Å². The molecular weight excluding hydrogens is 386 g/mol. The van der Waals surface area contributed by atoms with Gasteiger partial charge in [-0.2, -0.15) is 5.10 Å². The first kappa shape index (κ1) is 21.1. The van der Waals surface area contributed by atoms with Gasteiger partial charge in [-0.05, 0) is 49.4 Å². The van der Waals surface area contributed by atoms with Gasteiger partial charge in [0.05, 0.1) is 25.4 Å². The Morgan fingerprint density at radius 2 is 1.77 bits per heavy atom. The van der Waals surface area contributed by atoms with Crippen LogP contribution in [0.3, 0.4) is 0 Å². The second-order valence-electron chi connectivity index (χ2n) is 6.23. The topological polar surface area (TPSA) is 91.7 Å². The monoisotopic (exact) mass is 409 g/mol. The summed E-state index contributed by atoms with van der Waals surface area (Å²) in [5.41, 5.74) is 0.289. The van der Waals surface area contributed by atoms with Gasteiger partial charge < -0.3 is 19.5 Å². The summed E-state index contributed by atoms with van der Waals surface area (Å²) in [6.07, 6.45) is 0. The van der Waals surface area contributed by atoms with Crippen molar-refractivity contribution in [3.63, 3.8) is 0 Å². The molecule has 0 radical (unpaired) electrons. The highest BCUT2D eigenvalue weighted by atomic mass is 16.5. The number of benzene rings is 2. The summed E-state index contributed by atoms with van der Waals surface area (Å²) in [7, 11) is 1.53. The van der Waals surface area contributed by atoms with E-state index in [1.165, 1.54) is 23.9 Å². The van der Waals surface area contributed by atoms with Gasteiger partial charge >= 0.3 is 0 Å². The molecule has 3 aromatic rings. The molecule has 0 spiro atoms. The summed E-state index contributed by atoms with van der Waals surface area (Å²) < 4.78 is 17.5. The number of carbonyl (C=O) groups excluding carboxylic acids is 1. The van der Waals surface area contributed by atoms with E-state index >= 15 is 0 Å². The fourth-order valence-electron chi connectivity index (χ4n) is 2.65. The van der Waals surface area contributed by atoms with Gasteiger partial charge in [-0.1, -0.05) is 12.1 Å². The molecule has 30 heavy (non-hydrogen) atoms. The van der Waals surface area contributed by atoms with E-state index in [2.05, 4.69) is 10.4 Å². The van der Waals surface area contributed by atoms with Crippen LogP contribution < -0.4 is 20.3 Å². The minimum absolute atomic E-state index is 0.113. The summed E-state index contributed by atoms with van der Waals surface area (Å²) >= 11 is 0. The number of carbonyl (C=O) groups is 1. The molecule has 1 N–H and O–H groups in total. The SMILES string of the molecule is CCOc1ccc(Oc2ccccc2NC(=O)c2ccc(=O)n(CCOC)n2)cc1. The maximum atomic E-state index is 12.7. The van der Waals surface area contributed by atoms with Crippen LogP contribution in [-0.2, 0) is 11.3 Å². The lowest BCUT2D eigenvalue weighted by atomic mass is 10.2. The lowest BCUT2D eigenvalue weighted by molar-refractivity contribution is 0.101. The maximum absolute atomic E-state index is 12.7. The highest BCUT2D eigenvalue weighted by molar-refractivity contribution is 6.03. The van der Waals surface area contributed by atoms with Crippen LogP contribution in [0.25, 0.3) is 0 Å². The van der Waals surface area contributed by atoms with Crippen LogP contribution in [0.1, 0.15) is 17.4 Å². The van der Waals surface area contributed by atoms with Crippen molar-refractivity contribution in [3.05, 3.63) is 76.7 Å². The minimum Gasteiger partial charge on any atom is -0.494 e. The number of amides is 1. The number of para-hydroxylation sites is 2. The zero-order valence-corrected chi connectivity index (χ0v) is 16.8. The quantitative estimate of drug-likeness (QED) is 0.583. The molecule has 0 atom stereocenters. The van der Waals surface area contributed by atoms with E-state index in [-0.39, 0.29) is 17.8 Å². The number of nitrogens with zero attached hydrogens (tertiary/aromatic N) is 2. The Hall–Kier alpha value is -3.65. The van der Waals surface area contributed by atoms with E-state index < -0.39 is 5.91 Å². The molecule has 156 valence electrons. The Morgan fingerprint density at radius 3 is 2.50 bits per heavy atom. The molecule has 0 saturated heterocycles. The van der Waals surface area contributed by atoms with Crippen LogP contribution in [0.15, 0.2) is 65.5 Å². The fraction of sp³-hybridized carbons (Fsp3) is 0.227. The van der Waals surface area contributed by atoms with Crippen LogP contribution in [0.5, 0.6) is 17.2 Å². The number of hydrogen-bond donors (Lipinski definition) is 1. The lowest BCUT2D eigenvalue weighted by Crippen LogP contribution is -2.27. The third kappa shape index (κ3) is 5.45. The minimum atomic E-state index is -0.455. The number of nitrogens with one attached hydrogen (secondary N) is 1. The summed E-state index contributed by atoms with van der Waals surface area (Å²) in [6.45, 7) is 3.08. The first-order valence-corrected chi connectivity index (χ1v) is 9.49. The van der Waals surface area contributed by atoms with E-state index in [0.29, 0.717) is 30.4 Å². The van der Waals surface area contributed by atoms with Crippen LogP contribution in [0.4, 0.5) is 5.69 Å². The zero-order chi connectivity index (χ0) is 21.3. The molecular formula is C22H23N3O5. The molecule has 0 fully saturated rings. The average molecular weight is 409 g/mol. The Labute approximate surface area is 174 Å². The second-order valence-corrected chi connectivity index (χ2v) is 6.23. The lowest BCUT2D eigenvalue weighted by Gasteiger charge is -2.13. The average Bonchev–Trinajstić information content (AvgIpc) is 2.76. The number of ether oxygens (including phenoxy) is 3. The third-order valence-corrected chi connectivity index (χ3v) is 4.10. The smallest absolute Gasteiger partial charge is 0.276 e. The molecule has 1 aromatic heterocycles. The standard InChI is InChI=1S/C22H23N3O5/c1-3-29-16-8-10-17(11-9-16)30-20-7-5-4-6-18(20)23-22(27)19-12-13-21(26)25(24-19)14-15-28-2/h4-13H,3,14-15H2,1-2H3,(H,23,27). The van der Waals surface area contributed by atoms with Gasteiger partial charge in [0.15, 0.2) is 5.75 Å². The normalized spacial score (nSPS) is 10.5. The van der Waals surface area contributed by atoms with E-state index in [9.17, 15) is 9.59 Å². The second kappa shape index (κ2) is 10.2. The Morgan fingerprint density at radius 1 is 1.03 bits per heavy atom. The van der Waals surface area contributed by atoms with E-state index in [4.69, 9.17) is 14.2 Å². The molecule has 0 aliphatic carbocycles. The summed E-state index contributed by atoms with van der Waals surface area (Å²) in [4.78, 5) is 24.5. The van der Waals surface area contributed by atoms with Crippen molar-refractivity contribution in [1.29, 1.82) is 0 Å². The highest BCUT2D eigenvalue weighted by Crippen LogP contribution is 2.30. The van der Waals surface area contributed by atoms with Gasteiger partial charge in [0.25, 0.3) is 11.5 Å². The van der Waals surface area contributed by atoms with Crippen molar-refractivity contribution in [1.82, 2.24) is 9.78 Å². The molecule has 0 saturated carbocycles. The molecule has 0 aliphatic heterocycles. The molecule has 0 bridgehead atoms. The molecule has 0 aliphatic rings. The molecule has 3 rings (SSSR count). The predicted octanol–water partition coefficient (Wildman–Crippen LogP) is 3.33. The summed E-state index contributed by atoms with van der Waals surface area (Å²) in [5.74, 6) is 1.37. The summed E-state index contributed by atoms with van der Waals surface area (Å²) in [6, 6.07) is 17.0. The Bertz CT molecular complexity index is 1050. The van der Waals surface area contributed by atoms with Crippen molar-refractivity contribution in [2.24, 2.45) is 0 Å². The largest absolute Gasteiger partial charge is 0.494 e. The number of rotatable bonds is 9. The van der Waals surface area contributed by atoms with Crippen LogP contribution in [0, 0.1) is 0 Å². The van der Waals surface area contributed by atoms with Crippen molar-refractivity contribution < 1.29 is 19.0 Å². The fourth-order valence-corrected chi connectivity index (χ4v) is 2.65. The Balaban J connectivity index is 1.76. The molecule has 2 aromatic carbocycles. The van der Waals surface area contributed by atoms with Gasteiger partial charge in [-0.25, -0.2) is 4.68 Å². The molecule has 1 heterocycles. The highest BCUT2D eigenvalue weighted by Gasteiger charge is 2.13.